The zero-order valence-corrected chi connectivity index (χ0v) is 12.3. The Morgan fingerprint density at radius 2 is 1.95 bits per heavy atom. The lowest BCUT2D eigenvalue weighted by Gasteiger charge is -2.25. The minimum absolute atomic E-state index is 0.584. The molecule has 1 aromatic carbocycles. The van der Waals surface area contributed by atoms with E-state index >= 15 is 0 Å². The summed E-state index contributed by atoms with van der Waals surface area (Å²) in [5.74, 6) is 0. The highest BCUT2D eigenvalue weighted by Crippen LogP contribution is 2.22. The first-order valence-electron chi connectivity index (χ1n) is 7.41. The first kappa shape index (κ1) is 14.3. The van der Waals surface area contributed by atoms with E-state index in [0.29, 0.717) is 13.1 Å². The summed E-state index contributed by atoms with van der Waals surface area (Å²) >= 11 is 0. The molecule has 4 nitrogen and oxygen atoms in total. The van der Waals surface area contributed by atoms with Gasteiger partial charge in [-0.3, -0.25) is 4.98 Å². The zero-order chi connectivity index (χ0) is 15.4. The van der Waals surface area contributed by atoms with Gasteiger partial charge in [-0.25, -0.2) is 4.79 Å². The summed E-state index contributed by atoms with van der Waals surface area (Å²) in [4.78, 5) is 16.8. The molecule has 2 heterocycles. The Hall–Kier alpha value is -2.62. The van der Waals surface area contributed by atoms with Crippen LogP contribution in [0.5, 0.6) is 0 Å². The Labute approximate surface area is 129 Å². The first-order chi connectivity index (χ1) is 10.7. The molecule has 0 bridgehead atoms. The predicted molar refractivity (Wildman–Crippen MR) is 86.5 cm³/mol. The van der Waals surface area contributed by atoms with Gasteiger partial charge in [0.2, 0.25) is 0 Å². The van der Waals surface area contributed by atoms with Crippen LogP contribution >= 0.6 is 0 Å². The fourth-order valence-corrected chi connectivity index (χ4v) is 2.69. The molecule has 1 N–H and O–H groups in total. The normalized spacial score (nSPS) is 14.7. The standard InChI is InChI=1S/C18H18N2O2/c21-18(22)20-10-7-14(8-11-20)12-15-4-3-5-16(13-15)17-6-1-2-9-19-17/h1-6,9,12-13H,7-8,10-11H2,(H,21,22). The van der Waals surface area contributed by atoms with Crippen LogP contribution in [-0.2, 0) is 0 Å². The van der Waals surface area contributed by atoms with Crippen molar-refractivity contribution in [1.82, 2.24) is 9.88 Å². The maximum absolute atomic E-state index is 10.9. The zero-order valence-electron chi connectivity index (χ0n) is 12.3. The van der Waals surface area contributed by atoms with E-state index in [9.17, 15) is 4.79 Å². The summed E-state index contributed by atoms with van der Waals surface area (Å²) in [5.41, 5.74) is 4.50. The van der Waals surface area contributed by atoms with E-state index in [1.165, 1.54) is 10.5 Å². The van der Waals surface area contributed by atoms with Crippen molar-refractivity contribution < 1.29 is 9.90 Å². The number of aromatic nitrogens is 1. The van der Waals surface area contributed by atoms with Gasteiger partial charge in [-0.15, -0.1) is 0 Å². The Bertz CT molecular complexity index is 685. The smallest absolute Gasteiger partial charge is 0.407 e. The second-order valence-corrected chi connectivity index (χ2v) is 5.41. The van der Waals surface area contributed by atoms with E-state index in [2.05, 4.69) is 29.3 Å². The summed E-state index contributed by atoms with van der Waals surface area (Å²) in [6.45, 7) is 1.17. The van der Waals surface area contributed by atoms with Crippen LogP contribution in [0.25, 0.3) is 17.3 Å². The van der Waals surface area contributed by atoms with Gasteiger partial charge in [0.1, 0.15) is 0 Å². The average molecular weight is 294 g/mol. The third-order valence-corrected chi connectivity index (χ3v) is 3.89. The van der Waals surface area contributed by atoms with Crippen molar-refractivity contribution in [1.29, 1.82) is 0 Å². The van der Waals surface area contributed by atoms with Crippen molar-refractivity contribution in [3.8, 4) is 11.3 Å². The molecule has 0 saturated carbocycles. The Balaban J connectivity index is 1.76. The van der Waals surface area contributed by atoms with Crippen molar-refractivity contribution in [3.63, 3.8) is 0 Å². The second kappa shape index (κ2) is 6.43. The van der Waals surface area contributed by atoms with Gasteiger partial charge < -0.3 is 10.0 Å². The second-order valence-electron chi connectivity index (χ2n) is 5.41. The van der Waals surface area contributed by atoms with E-state index in [4.69, 9.17) is 5.11 Å². The van der Waals surface area contributed by atoms with Gasteiger partial charge in [-0.2, -0.15) is 0 Å². The van der Waals surface area contributed by atoms with E-state index < -0.39 is 6.09 Å². The van der Waals surface area contributed by atoms with Crippen LogP contribution in [0, 0.1) is 0 Å². The van der Waals surface area contributed by atoms with Gasteiger partial charge in [0.25, 0.3) is 0 Å². The monoisotopic (exact) mass is 294 g/mol. The lowest BCUT2D eigenvalue weighted by molar-refractivity contribution is 0.142. The van der Waals surface area contributed by atoms with Crippen LogP contribution in [0.2, 0.25) is 0 Å². The highest BCUT2D eigenvalue weighted by Gasteiger charge is 2.17. The lowest BCUT2D eigenvalue weighted by atomic mass is 9.99. The van der Waals surface area contributed by atoms with Gasteiger partial charge in [-0.05, 0) is 36.6 Å². The molecule has 1 saturated heterocycles. The Morgan fingerprint density at radius 1 is 1.14 bits per heavy atom. The van der Waals surface area contributed by atoms with Crippen molar-refractivity contribution >= 4 is 12.2 Å². The Kier molecular flexibility index (Phi) is 4.19. The fraction of sp³-hybridized carbons (Fsp3) is 0.222. The molecule has 0 radical (unpaired) electrons. The quantitative estimate of drug-likeness (QED) is 0.913. The van der Waals surface area contributed by atoms with E-state index in [1.54, 1.807) is 6.20 Å². The molecular weight excluding hydrogens is 276 g/mol. The van der Waals surface area contributed by atoms with Gasteiger partial charge >= 0.3 is 6.09 Å². The molecule has 0 unspecified atom stereocenters. The summed E-state index contributed by atoms with van der Waals surface area (Å²) in [6.07, 6.45) is 4.75. The number of rotatable bonds is 2. The molecule has 1 amide bonds. The summed E-state index contributed by atoms with van der Waals surface area (Å²) in [7, 11) is 0. The van der Waals surface area contributed by atoms with E-state index in [-0.39, 0.29) is 0 Å². The fourth-order valence-electron chi connectivity index (χ4n) is 2.69. The Morgan fingerprint density at radius 3 is 2.64 bits per heavy atom. The van der Waals surface area contributed by atoms with Crippen LogP contribution in [0.4, 0.5) is 4.79 Å². The first-order valence-corrected chi connectivity index (χ1v) is 7.41. The number of benzene rings is 1. The molecular formula is C18H18N2O2. The van der Waals surface area contributed by atoms with E-state index in [1.807, 2.05) is 24.3 Å². The minimum atomic E-state index is -0.823. The molecule has 0 aliphatic carbocycles. The molecule has 22 heavy (non-hydrogen) atoms. The average Bonchev–Trinajstić information content (AvgIpc) is 2.56. The lowest BCUT2D eigenvalue weighted by Crippen LogP contribution is -2.35. The third-order valence-electron chi connectivity index (χ3n) is 3.89. The molecule has 0 spiro atoms. The summed E-state index contributed by atoms with van der Waals surface area (Å²) in [6, 6.07) is 14.2. The SMILES string of the molecule is O=C(O)N1CCC(=Cc2cccc(-c3ccccn3)c2)CC1. The molecule has 2 aromatic rings. The van der Waals surface area contributed by atoms with Gasteiger partial charge in [0.05, 0.1) is 5.69 Å². The van der Waals surface area contributed by atoms with Crippen molar-refractivity contribution in [3.05, 3.63) is 59.8 Å². The number of carboxylic acid groups (broad SMARTS) is 1. The van der Waals surface area contributed by atoms with Crippen LogP contribution in [0.3, 0.4) is 0 Å². The molecule has 1 fully saturated rings. The molecule has 1 aromatic heterocycles. The highest BCUT2D eigenvalue weighted by atomic mass is 16.4. The molecule has 3 rings (SSSR count). The van der Waals surface area contributed by atoms with Gasteiger partial charge in [0, 0.05) is 24.8 Å². The number of hydrogen-bond donors (Lipinski definition) is 1. The third kappa shape index (κ3) is 3.34. The predicted octanol–water partition coefficient (Wildman–Crippen LogP) is 3.91. The number of amides is 1. The van der Waals surface area contributed by atoms with Crippen LogP contribution in [-0.4, -0.2) is 34.2 Å². The molecule has 1 aliphatic rings. The van der Waals surface area contributed by atoms with Gasteiger partial charge in [-0.1, -0.05) is 35.9 Å². The number of pyridine rings is 1. The molecule has 4 heteroatoms. The molecule has 112 valence electrons. The molecule has 0 atom stereocenters. The maximum Gasteiger partial charge on any atom is 0.407 e. The van der Waals surface area contributed by atoms with Crippen molar-refractivity contribution in [2.45, 2.75) is 12.8 Å². The van der Waals surface area contributed by atoms with Crippen molar-refractivity contribution in [2.75, 3.05) is 13.1 Å². The number of carbonyl (C=O) groups is 1. The number of hydrogen-bond acceptors (Lipinski definition) is 2. The van der Waals surface area contributed by atoms with Crippen LogP contribution in [0.15, 0.2) is 54.2 Å². The van der Waals surface area contributed by atoms with Gasteiger partial charge in [0.15, 0.2) is 0 Å². The largest absolute Gasteiger partial charge is 0.465 e. The molecule has 1 aliphatic heterocycles. The summed E-state index contributed by atoms with van der Waals surface area (Å²) < 4.78 is 0. The van der Waals surface area contributed by atoms with Crippen LogP contribution < -0.4 is 0 Å². The van der Waals surface area contributed by atoms with E-state index in [0.717, 1.165) is 29.7 Å². The van der Waals surface area contributed by atoms with Crippen LogP contribution in [0.1, 0.15) is 18.4 Å². The number of nitrogens with zero attached hydrogens (tertiary/aromatic N) is 2. The highest BCUT2D eigenvalue weighted by molar-refractivity contribution is 5.67. The maximum atomic E-state index is 10.9. The number of piperidine rings is 1. The number of likely N-dealkylation sites (tertiary alicyclic amines) is 1. The minimum Gasteiger partial charge on any atom is -0.465 e. The van der Waals surface area contributed by atoms with Crippen molar-refractivity contribution in [2.24, 2.45) is 0 Å². The topological polar surface area (TPSA) is 53.4 Å². The summed E-state index contributed by atoms with van der Waals surface area (Å²) in [5, 5.41) is 8.98.